The van der Waals surface area contributed by atoms with Gasteiger partial charge in [-0.1, -0.05) is 0 Å². The van der Waals surface area contributed by atoms with Gasteiger partial charge in [-0.2, -0.15) is 4.31 Å². The lowest BCUT2D eigenvalue weighted by atomic mass is 10.2. The maximum Gasteiger partial charge on any atom is 0.269 e. The minimum atomic E-state index is -3.58. The molecule has 0 aliphatic carbocycles. The van der Waals surface area contributed by atoms with Crippen molar-refractivity contribution in [3.05, 3.63) is 34.4 Å². The monoisotopic (exact) mass is 304 g/mol. The molecule has 0 spiro atoms. The molecule has 1 aromatic carbocycles. The summed E-state index contributed by atoms with van der Waals surface area (Å²) in [5.41, 5.74) is -0.126. The Balaban J connectivity index is 2.22. The zero-order chi connectivity index (χ0) is 14.0. The summed E-state index contributed by atoms with van der Waals surface area (Å²) in [6.07, 6.45) is 1.24. The number of nitro groups is 1. The second-order valence-corrected chi connectivity index (χ2v) is 6.88. The van der Waals surface area contributed by atoms with E-state index < -0.39 is 14.9 Å². The van der Waals surface area contributed by atoms with Gasteiger partial charge in [0.15, 0.2) is 0 Å². The Hall–Kier alpha value is -1.18. The van der Waals surface area contributed by atoms with Crippen molar-refractivity contribution in [1.29, 1.82) is 0 Å². The summed E-state index contributed by atoms with van der Waals surface area (Å²) >= 11 is 5.94. The molecule has 6 nitrogen and oxygen atoms in total. The van der Waals surface area contributed by atoms with E-state index in [9.17, 15) is 18.5 Å². The van der Waals surface area contributed by atoms with Gasteiger partial charge in [0, 0.05) is 30.6 Å². The summed E-state index contributed by atoms with van der Waals surface area (Å²) in [5.74, 6) is 0. The van der Waals surface area contributed by atoms with Gasteiger partial charge in [0.25, 0.3) is 5.69 Å². The number of piperidine rings is 1. The van der Waals surface area contributed by atoms with Crippen LogP contribution in [0.15, 0.2) is 29.2 Å². The standard InChI is InChI=1S/C11H13ClN2O4S/c12-9-5-7-13(8-6-9)19(17,18)11-3-1-10(2-4-11)14(15)16/h1-4,9H,5-8H2. The Morgan fingerprint density at radius 1 is 1.21 bits per heavy atom. The van der Waals surface area contributed by atoms with Gasteiger partial charge < -0.3 is 0 Å². The smallest absolute Gasteiger partial charge is 0.258 e. The molecule has 104 valence electrons. The highest BCUT2D eigenvalue weighted by Crippen LogP contribution is 2.24. The predicted octanol–water partition coefficient (Wildman–Crippen LogP) is 1.99. The molecule has 8 heteroatoms. The molecule has 1 aromatic rings. The number of hydrogen-bond acceptors (Lipinski definition) is 4. The molecule has 1 heterocycles. The fraction of sp³-hybridized carbons (Fsp3) is 0.455. The van der Waals surface area contributed by atoms with Crippen molar-refractivity contribution in [3.63, 3.8) is 0 Å². The maximum absolute atomic E-state index is 12.3. The normalized spacial score (nSPS) is 18.4. The van der Waals surface area contributed by atoms with Gasteiger partial charge in [-0.3, -0.25) is 10.1 Å². The molecule has 0 N–H and O–H groups in total. The van der Waals surface area contributed by atoms with Crippen LogP contribution in [0.2, 0.25) is 0 Å². The van der Waals surface area contributed by atoms with Gasteiger partial charge in [-0.15, -0.1) is 11.6 Å². The van der Waals surface area contributed by atoms with E-state index in [1.165, 1.54) is 28.6 Å². The molecule has 1 saturated heterocycles. The molecule has 0 unspecified atom stereocenters. The van der Waals surface area contributed by atoms with Crippen LogP contribution in [0.3, 0.4) is 0 Å². The number of rotatable bonds is 3. The first kappa shape index (κ1) is 14.2. The van der Waals surface area contributed by atoms with Crippen LogP contribution >= 0.6 is 11.6 Å². The highest BCUT2D eigenvalue weighted by Gasteiger charge is 2.28. The van der Waals surface area contributed by atoms with Crippen molar-refractivity contribution in [2.75, 3.05) is 13.1 Å². The molecule has 1 aliphatic rings. The fourth-order valence-electron chi connectivity index (χ4n) is 1.95. The quantitative estimate of drug-likeness (QED) is 0.486. The van der Waals surface area contributed by atoms with Crippen molar-refractivity contribution in [1.82, 2.24) is 4.31 Å². The second-order valence-electron chi connectivity index (χ2n) is 4.33. The van der Waals surface area contributed by atoms with E-state index in [1.54, 1.807) is 0 Å². The van der Waals surface area contributed by atoms with Gasteiger partial charge in [0.1, 0.15) is 0 Å². The lowest BCUT2D eigenvalue weighted by Gasteiger charge is -2.28. The van der Waals surface area contributed by atoms with Crippen LogP contribution in [0.1, 0.15) is 12.8 Å². The number of non-ortho nitro benzene ring substituents is 1. The van der Waals surface area contributed by atoms with Gasteiger partial charge in [-0.05, 0) is 25.0 Å². The third kappa shape index (κ3) is 3.05. The molecule has 0 atom stereocenters. The lowest BCUT2D eigenvalue weighted by molar-refractivity contribution is -0.384. The molecule has 1 fully saturated rings. The van der Waals surface area contributed by atoms with Gasteiger partial charge in [0.2, 0.25) is 10.0 Å². The molecule has 0 saturated carbocycles. The van der Waals surface area contributed by atoms with Crippen LogP contribution in [0.4, 0.5) is 5.69 Å². The molecule has 1 aliphatic heterocycles. The van der Waals surface area contributed by atoms with Crippen LogP contribution in [0.5, 0.6) is 0 Å². The Labute approximate surface area is 116 Å². The van der Waals surface area contributed by atoms with Crippen molar-refractivity contribution >= 4 is 27.3 Å². The van der Waals surface area contributed by atoms with Gasteiger partial charge in [0.05, 0.1) is 9.82 Å². The van der Waals surface area contributed by atoms with E-state index in [0.29, 0.717) is 25.9 Å². The van der Waals surface area contributed by atoms with Crippen LogP contribution < -0.4 is 0 Å². The molecule has 2 rings (SSSR count). The van der Waals surface area contributed by atoms with Crippen molar-refractivity contribution in [3.8, 4) is 0 Å². The highest BCUT2D eigenvalue weighted by molar-refractivity contribution is 7.89. The average molecular weight is 305 g/mol. The Bertz CT molecular complexity index is 565. The summed E-state index contributed by atoms with van der Waals surface area (Å²) in [5, 5.41) is 10.5. The molecular formula is C11H13ClN2O4S. The summed E-state index contributed by atoms with van der Waals surface area (Å²) in [4.78, 5) is 10.0. The SMILES string of the molecule is O=[N+]([O-])c1ccc(S(=O)(=O)N2CCC(Cl)CC2)cc1. The Morgan fingerprint density at radius 2 is 1.74 bits per heavy atom. The molecule has 0 amide bonds. The minimum Gasteiger partial charge on any atom is -0.258 e. The third-order valence-corrected chi connectivity index (χ3v) is 5.42. The van der Waals surface area contributed by atoms with Crippen LogP contribution in [-0.2, 0) is 10.0 Å². The topological polar surface area (TPSA) is 80.5 Å². The first-order valence-corrected chi connectivity index (χ1v) is 7.67. The Kier molecular flexibility index (Phi) is 4.07. The number of nitro benzene ring substituents is 1. The molecule has 0 bridgehead atoms. The van der Waals surface area contributed by atoms with Crippen LogP contribution in [-0.4, -0.2) is 36.1 Å². The Morgan fingerprint density at radius 3 is 2.21 bits per heavy atom. The van der Waals surface area contributed by atoms with Crippen LogP contribution in [0.25, 0.3) is 0 Å². The zero-order valence-corrected chi connectivity index (χ0v) is 11.6. The van der Waals surface area contributed by atoms with Crippen LogP contribution in [0, 0.1) is 10.1 Å². The average Bonchev–Trinajstić information content (AvgIpc) is 2.39. The largest absolute Gasteiger partial charge is 0.269 e. The summed E-state index contributed by atoms with van der Waals surface area (Å²) in [7, 11) is -3.58. The second kappa shape index (κ2) is 5.44. The van der Waals surface area contributed by atoms with Crippen molar-refractivity contribution in [2.45, 2.75) is 23.1 Å². The third-order valence-electron chi connectivity index (χ3n) is 3.07. The molecule has 0 radical (unpaired) electrons. The maximum atomic E-state index is 12.3. The van der Waals surface area contributed by atoms with E-state index >= 15 is 0 Å². The molecular weight excluding hydrogens is 292 g/mol. The van der Waals surface area contributed by atoms with Gasteiger partial charge >= 0.3 is 0 Å². The highest BCUT2D eigenvalue weighted by atomic mass is 35.5. The molecule has 19 heavy (non-hydrogen) atoms. The number of sulfonamides is 1. The first-order chi connectivity index (χ1) is 8.91. The van der Waals surface area contributed by atoms with E-state index in [1.807, 2.05) is 0 Å². The lowest BCUT2D eigenvalue weighted by Crippen LogP contribution is -2.38. The zero-order valence-electron chi connectivity index (χ0n) is 10.0. The van der Waals surface area contributed by atoms with Crippen molar-refractivity contribution < 1.29 is 13.3 Å². The van der Waals surface area contributed by atoms with E-state index in [0.717, 1.165) is 0 Å². The fourth-order valence-corrected chi connectivity index (χ4v) is 3.62. The number of alkyl halides is 1. The first-order valence-electron chi connectivity index (χ1n) is 5.80. The predicted molar refractivity (Wildman–Crippen MR) is 70.7 cm³/mol. The number of benzene rings is 1. The summed E-state index contributed by atoms with van der Waals surface area (Å²) in [6.45, 7) is 0.765. The van der Waals surface area contributed by atoms with Gasteiger partial charge in [-0.25, -0.2) is 8.42 Å². The summed E-state index contributed by atoms with van der Waals surface area (Å²) in [6, 6.07) is 4.92. The summed E-state index contributed by atoms with van der Waals surface area (Å²) < 4.78 is 25.9. The number of hydrogen-bond donors (Lipinski definition) is 0. The number of halogens is 1. The minimum absolute atomic E-state index is 0.0170. The van der Waals surface area contributed by atoms with E-state index in [2.05, 4.69) is 0 Å². The van der Waals surface area contributed by atoms with E-state index in [-0.39, 0.29) is 16.0 Å². The van der Waals surface area contributed by atoms with Crippen molar-refractivity contribution in [2.24, 2.45) is 0 Å². The van der Waals surface area contributed by atoms with E-state index in [4.69, 9.17) is 11.6 Å². The molecule has 0 aromatic heterocycles. The number of nitrogens with zero attached hydrogens (tertiary/aromatic N) is 2.